The third-order valence-corrected chi connectivity index (χ3v) is 9.34. The van der Waals surface area contributed by atoms with Gasteiger partial charge in [0.2, 0.25) is 5.95 Å². The predicted octanol–water partition coefficient (Wildman–Crippen LogP) is 10.5. The number of benzene rings is 4. The van der Waals surface area contributed by atoms with Crippen molar-refractivity contribution >= 4 is 38.2 Å². The smallest absolute Gasteiger partial charge is 0.235 e. The Kier molecular flexibility index (Phi) is 6.28. The lowest BCUT2D eigenvalue weighted by atomic mass is 9.80. The van der Waals surface area contributed by atoms with E-state index in [4.69, 9.17) is 9.97 Å². The molecular weight excluding hydrogens is 548 g/mol. The first-order valence-electron chi connectivity index (χ1n) is 15.7. The zero-order chi connectivity index (χ0) is 30.7. The summed E-state index contributed by atoms with van der Waals surface area (Å²) in [5.74, 6) is 0.646. The molecule has 3 heterocycles. The van der Waals surface area contributed by atoms with Gasteiger partial charge in [0, 0.05) is 27.9 Å². The normalized spacial score (nSPS) is 14.1. The van der Waals surface area contributed by atoms with E-state index >= 15 is 0 Å². The van der Waals surface area contributed by atoms with Crippen LogP contribution in [0.4, 0.5) is 0 Å². The zero-order valence-electron chi connectivity index (χ0n) is 26.0. The molecule has 0 aliphatic heterocycles. The van der Waals surface area contributed by atoms with E-state index in [1.54, 1.807) is 0 Å². The third kappa shape index (κ3) is 4.02. The van der Waals surface area contributed by atoms with Gasteiger partial charge < -0.3 is 0 Å². The van der Waals surface area contributed by atoms with Gasteiger partial charge in [-0.2, -0.15) is 0 Å². The van der Waals surface area contributed by atoms with E-state index in [2.05, 4.69) is 140 Å². The summed E-state index contributed by atoms with van der Waals surface area (Å²) >= 11 is 0. The topological polar surface area (TPSA) is 43.6 Å². The second-order valence-electron chi connectivity index (χ2n) is 12.3. The van der Waals surface area contributed by atoms with Crippen LogP contribution in [0.3, 0.4) is 0 Å². The first-order chi connectivity index (χ1) is 22.0. The van der Waals surface area contributed by atoms with Gasteiger partial charge in [0.1, 0.15) is 0 Å². The van der Waals surface area contributed by atoms with E-state index in [0.717, 1.165) is 45.4 Å². The van der Waals surface area contributed by atoms with Gasteiger partial charge >= 0.3 is 0 Å². The number of allylic oxidation sites excluding steroid dienone is 4. The minimum atomic E-state index is -0.244. The molecule has 0 saturated carbocycles. The molecule has 7 aromatic rings. The molecule has 0 fully saturated rings. The van der Waals surface area contributed by atoms with Crippen LogP contribution >= 0.6 is 0 Å². The number of nitrogens with zero attached hydrogens (tertiary/aromatic N) is 4. The Morgan fingerprint density at radius 2 is 1.60 bits per heavy atom. The van der Waals surface area contributed by atoms with Crippen molar-refractivity contribution in [2.24, 2.45) is 0 Å². The van der Waals surface area contributed by atoms with E-state index in [1.165, 1.54) is 38.4 Å². The fraction of sp³-hybridized carbons (Fsp3) is 0.146. The summed E-state index contributed by atoms with van der Waals surface area (Å²) in [7, 11) is 0. The highest BCUT2D eigenvalue weighted by molar-refractivity contribution is 6.26. The van der Waals surface area contributed by atoms with Crippen LogP contribution < -0.4 is 0 Å². The maximum Gasteiger partial charge on any atom is 0.235 e. The fourth-order valence-electron chi connectivity index (χ4n) is 7.31. The Hall–Kier alpha value is -5.35. The Bertz CT molecular complexity index is 2340. The van der Waals surface area contributed by atoms with Gasteiger partial charge in [-0.3, -0.25) is 9.55 Å². The summed E-state index contributed by atoms with van der Waals surface area (Å²) in [4.78, 5) is 15.3. The van der Waals surface area contributed by atoms with Crippen molar-refractivity contribution in [2.75, 3.05) is 0 Å². The lowest BCUT2D eigenvalue weighted by Crippen LogP contribution is -2.17. The first-order valence-corrected chi connectivity index (χ1v) is 15.7. The van der Waals surface area contributed by atoms with Gasteiger partial charge in [-0.25, -0.2) is 9.97 Å². The van der Waals surface area contributed by atoms with E-state index in [0.29, 0.717) is 5.95 Å². The highest BCUT2D eigenvalue weighted by atomic mass is 15.2. The second-order valence-corrected chi connectivity index (χ2v) is 12.3. The Labute approximate surface area is 263 Å². The third-order valence-electron chi connectivity index (χ3n) is 9.34. The van der Waals surface area contributed by atoms with Crippen LogP contribution in [-0.2, 0) is 5.41 Å². The molecule has 0 N–H and O–H groups in total. The van der Waals surface area contributed by atoms with Crippen LogP contribution in [0.25, 0.3) is 66.5 Å². The zero-order valence-corrected chi connectivity index (χ0v) is 26.0. The molecule has 1 aliphatic carbocycles. The maximum atomic E-state index is 5.33. The molecule has 0 unspecified atom stereocenters. The van der Waals surface area contributed by atoms with E-state index < -0.39 is 0 Å². The number of fused-ring (bicyclic) bond motifs is 10. The second kappa shape index (κ2) is 10.4. The molecule has 0 bridgehead atoms. The highest BCUT2D eigenvalue weighted by Crippen LogP contribution is 2.56. The molecule has 4 aromatic carbocycles. The largest absolute Gasteiger partial charge is 0.276 e. The van der Waals surface area contributed by atoms with Crippen LogP contribution in [-0.4, -0.2) is 19.5 Å². The van der Waals surface area contributed by atoms with Gasteiger partial charge in [-0.1, -0.05) is 118 Å². The summed E-state index contributed by atoms with van der Waals surface area (Å²) < 4.78 is 2.28. The van der Waals surface area contributed by atoms with Gasteiger partial charge in [0.25, 0.3) is 0 Å². The van der Waals surface area contributed by atoms with Crippen molar-refractivity contribution in [3.05, 3.63) is 138 Å². The molecule has 3 aromatic heterocycles. The molecule has 0 radical (unpaired) electrons. The number of pyridine rings is 1. The van der Waals surface area contributed by atoms with E-state index in [9.17, 15) is 0 Å². The molecule has 218 valence electrons. The quantitative estimate of drug-likeness (QED) is 0.190. The van der Waals surface area contributed by atoms with Crippen molar-refractivity contribution in [2.45, 2.75) is 39.5 Å². The monoisotopic (exact) mass is 582 g/mol. The predicted molar refractivity (Wildman–Crippen MR) is 188 cm³/mol. The van der Waals surface area contributed by atoms with Crippen LogP contribution in [0.5, 0.6) is 0 Å². The molecular formula is C41H34N4. The molecule has 0 spiro atoms. The average molecular weight is 583 g/mol. The van der Waals surface area contributed by atoms with Crippen molar-refractivity contribution in [3.63, 3.8) is 0 Å². The molecule has 1 aliphatic rings. The standard InChI is InChI=1S/C41H34N4/c1-5-7-15-26(6-2)33-24-34(27-16-9-8-10-17-27)44-40(43-33)45-35-25-42-23-22-31(35)37-29-19-12-11-18-28(29)36-30-20-13-14-21-32(30)41(3,4)38(36)39(37)45/h6-25H,5H2,1-4H3/b15-7-,26-6+. The highest BCUT2D eigenvalue weighted by Gasteiger charge is 2.40. The van der Waals surface area contributed by atoms with Gasteiger partial charge in [0.15, 0.2) is 0 Å². The van der Waals surface area contributed by atoms with Crippen LogP contribution in [0, 0.1) is 0 Å². The summed E-state index contributed by atoms with van der Waals surface area (Å²) in [5, 5.41) is 4.87. The number of rotatable bonds is 5. The van der Waals surface area contributed by atoms with Crippen molar-refractivity contribution < 1.29 is 0 Å². The molecule has 45 heavy (non-hydrogen) atoms. The molecule has 0 atom stereocenters. The molecule has 0 amide bonds. The fourth-order valence-corrected chi connectivity index (χ4v) is 7.31. The average Bonchev–Trinajstić information content (AvgIpc) is 3.55. The van der Waals surface area contributed by atoms with Crippen LogP contribution in [0.1, 0.15) is 50.9 Å². The van der Waals surface area contributed by atoms with Crippen molar-refractivity contribution in [3.8, 4) is 28.3 Å². The number of aromatic nitrogens is 4. The minimum Gasteiger partial charge on any atom is -0.276 e. The molecule has 8 rings (SSSR count). The Morgan fingerprint density at radius 3 is 2.40 bits per heavy atom. The summed E-state index contributed by atoms with van der Waals surface area (Å²) in [6.07, 6.45) is 11.3. The van der Waals surface area contributed by atoms with Crippen LogP contribution in [0.2, 0.25) is 0 Å². The number of hydrogen-bond acceptors (Lipinski definition) is 3. The SMILES string of the molecule is C/C=C(\C=C/CC)c1cc(-c2ccccc2)nc(-n2c3cnccc3c3c4ccccc4c4c(c32)C(C)(C)c2ccccc2-4)n1. The number of hydrogen-bond donors (Lipinski definition) is 0. The minimum absolute atomic E-state index is 0.244. The summed E-state index contributed by atoms with van der Waals surface area (Å²) in [6, 6.07) is 32.4. The lowest BCUT2D eigenvalue weighted by Gasteiger charge is -2.24. The van der Waals surface area contributed by atoms with Crippen molar-refractivity contribution in [1.82, 2.24) is 19.5 Å². The molecule has 4 nitrogen and oxygen atoms in total. The molecule has 0 saturated heterocycles. The van der Waals surface area contributed by atoms with Crippen molar-refractivity contribution in [1.29, 1.82) is 0 Å². The van der Waals surface area contributed by atoms with E-state index in [1.807, 2.05) is 18.5 Å². The maximum absolute atomic E-state index is 5.33. The lowest BCUT2D eigenvalue weighted by molar-refractivity contribution is 0.663. The Balaban J connectivity index is 1.57. The van der Waals surface area contributed by atoms with Gasteiger partial charge in [0.05, 0.1) is 28.6 Å². The Morgan fingerprint density at radius 1 is 0.844 bits per heavy atom. The first kappa shape index (κ1) is 27.2. The van der Waals surface area contributed by atoms with Crippen LogP contribution in [0.15, 0.2) is 122 Å². The van der Waals surface area contributed by atoms with Gasteiger partial charge in [-0.05, 0) is 64.1 Å². The molecule has 4 heteroatoms. The summed E-state index contributed by atoms with van der Waals surface area (Å²) in [5.41, 5.74) is 11.1. The summed E-state index contributed by atoms with van der Waals surface area (Å²) in [6.45, 7) is 8.93. The van der Waals surface area contributed by atoms with Gasteiger partial charge in [-0.15, -0.1) is 0 Å². The van der Waals surface area contributed by atoms with E-state index in [-0.39, 0.29) is 5.41 Å².